The van der Waals surface area contributed by atoms with Crippen molar-refractivity contribution in [1.29, 1.82) is 0 Å². The highest BCUT2D eigenvalue weighted by atomic mass is 79.9. The maximum absolute atomic E-state index is 13.1. The Morgan fingerprint density at radius 2 is 1.89 bits per heavy atom. The van der Waals surface area contributed by atoms with Crippen molar-refractivity contribution in [3.05, 3.63) is 34.6 Å². The van der Waals surface area contributed by atoms with Crippen LogP contribution in [0.5, 0.6) is 0 Å². The van der Waals surface area contributed by atoms with E-state index in [0.717, 1.165) is 0 Å². The summed E-state index contributed by atoms with van der Waals surface area (Å²) in [5, 5.41) is 2.92. The molecule has 0 bridgehead atoms. The van der Waals surface area contributed by atoms with Crippen molar-refractivity contribution in [2.75, 3.05) is 16.5 Å². The summed E-state index contributed by atoms with van der Waals surface area (Å²) in [6.07, 6.45) is 0. The molecule has 6 nitrogen and oxygen atoms in total. The standard InChI is InChI=1S/C10H10BrFN6/c11-6-2-1-5(12)3-7(6)15-8-4-9(18-14)17-10(13)16-8/h1-4H,14H2,(H4,13,15,16,17,18). The minimum atomic E-state index is -0.361. The molecular weight excluding hydrogens is 303 g/mol. The van der Waals surface area contributed by atoms with Gasteiger partial charge in [-0.25, -0.2) is 10.2 Å². The van der Waals surface area contributed by atoms with Crippen molar-refractivity contribution in [2.45, 2.75) is 0 Å². The molecule has 1 aromatic carbocycles. The first-order valence-electron chi connectivity index (χ1n) is 4.92. The third kappa shape index (κ3) is 2.84. The first-order valence-corrected chi connectivity index (χ1v) is 5.71. The number of hydrazine groups is 1. The summed E-state index contributed by atoms with van der Waals surface area (Å²) in [6.45, 7) is 0. The van der Waals surface area contributed by atoms with Gasteiger partial charge in [-0.1, -0.05) is 0 Å². The first kappa shape index (κ1) is 12.5. The summed E-state index contributed by atoms with van der Waals surface area (Å²) >= 11 is 3.30. The van der Waals surface area contributed by atoms with Crippen LogP contribution in [-0.2, 0) is 0 Å². The Morgan fingerprint density at radius 3 is 2.61 bits per heavy atom. The van der Waals surface area contributed by atoms with Crippen LogP contribution in [0.1, 0.15) is 0 Å². The molecule has 0 atom stereocenters. The number of nitrogens with one attached hydrogen (secondary N) is 2. The number of anilines is 4. The van der Waals surface area contributed by atoms with E-state index in [1.165, 1.54) is 12.1 Å². The number of hydrogen-bond acceptors (Lipinski definition) is 6. The summed E-state index contributed by atoms with van der Waals surface area (Å²) in [5.74, 6) is 5.70. The number of hydrogen-bond donors (Lipinski definition) is 4. The molecule has 6 N–H and O–H groups in total. The number of halogens is 2. The Balaban J connectivity index is 2.33. The zero-order chi connectivity index (χ0) is 13.1. The van der Waals surface area contributed by atoms with Gasteiger partial charge in [-0.2, -0.15) is 9.97 Å². The van der Waals surface area contributed by atoms with Crippen LogP contribution < -0.4 is 22.3 Å². The van der Waals surface area contributed by atoms with E-state index in [-0.39, 0.29) is 11.8 Å². The van der Waals surface area contributed by atoms with Crippen molar-refractivity contribution in [1.82, 2.24) is 9.97 Å². The Kier molecular flexibility index (Phi) is 3.58. The molecule has 94 valence electrons. The van der Waals surface area contributed by atoms with E-state index >= 15 is 0 Å². The zero-order valence-corrected chi connectivity index (χ0v) is 10.7. The molecule has 0 aliphatic heterocycles. The maximum Gasteiger partial charge on any atom is 0.223 e. The lowest BCUT2D eigenvalue weighted by Gasteiger charge is -2.09. The molecule has 0 unspecified atom stereocenters. The highest BCUT2D eigenvalue weighted by molar-refractivity contribution is 9.10. The minimum Gasteiger partial charge on any atom is -0.368 e. The summed E-state index contributed by atoms with van der Waals surface area (Å²) in [4.78, 5) is 7.80. The molecule has 0 amide bonds. The van der Waals surface area contributed by atoms with Gasteiger partial charge in [0.25, 0.3) is 0 Å². The largest absolute Gasteiger partial charge is 0.368 e. The zero-order valence-electron chi connectivity index (χ0n) is 9.11. The van der Waals surface area contributed by atoms with E-state index in [9.17, 15) is 4.39 Å². The van der Waals surface area contributed by atoms with E-state index < -0.39 is 0 Å². The molecular formula is C10H10BrFN6. The summed E-state index contributed by atoms with van der Waals surface area (Å²) in [6, 6.07) is 5.81. The molecule has 0 saturated carbocycles. The van der Waals surface area contributed by atoms with Crippen LogP contribution in [-0.4, -0.2) is 9.97 Å². The van der Waals surface area contributed by atoms with Crippen molar-refractivity contribution in [3.8, 4) is 0 Å². The monoisotopic (exact) mass is 312 g/mol. The Bertz CT molecular complexity index is 576. The molecule has 0 spiro atoms. The lowest BCUT2D eigenvalue weighted by molar-refractivity contribution is 0.628. The lowest BCUT2D eigenvalue weighted by Crippen LogP contribution is -2.11. The fourth-order valence-corrected chi connectivity index (χ4v) is 1.68. The van der Waals surface area contributed by atoms with Crippen LogP contribution in [0.3, 0.4) is 0 Å². The molecule has 1 heterocycles. The topological polar surface area (TPSA) is 102 Å². The quantitative estimate of drug-likeness (QED) is 0.510. The van der Waals surface area contributed by atoms with Gasteiger partial charge in [0.2, 0.25) is 5.95 Å². The van der Waals surface area contributed by atoms with Crippen molar-refractivity contribution in [3.63, 3.8) is 0 Å². The van der Waals surface area contributed by atoms with Crippen LogP contribution in [0.15, 0.2) is 28.7 Å². The summed E-state index contributed by atoms with van der Waals surface area (Å²) < 4.78 is 13.8. The van der Waals surface area contributed by atoms with E-state index in [1.54, 1.807) is 12.1 Å². The smallest absolute Gasteiger partial charge is 0.223 e. The molecule has 2 aromatic rings. The predicted molar refractivity (Wildman–Crippen MR) is 71.6 cm³/mol. The van der Waals surface area contributed by atoms with Crippen molar-refractivity contribution in [2.24, 2.45) is 5.84 Å². The Hall–Kier alpha value is -1.93. The average molecular weight is 313 g/mol. The molecule has 0 radical (unpaired) electrons. The van der Waals surface area contributed by atoms with E-state index in [0.29, 0.717) is 21.8 Å². The molecule has 18 heavy (non-hydrogen) atoms. The highest BCUT2D eigenvalue weighted by Crippen LogP contribution is 2.26. The van der Waals surface area contributed by atoms with Gasteiger partial charge in [-0.15, -0.1) is 0 Å². The Labute approximate surface area is 111 Å². The third-order valence-corrected chi connectivity index (χ3v) is 2.77. The SMILES string of the molecule is NNc1cc(Nc2cc(F)ccc2Br)nc(N)n1. The number of nitrogen functional groups attached to an aromatic ring is 2. The van der Waals surface area contributed by atoms with Crippen LogP contribution in [0.25, 0.3) is 0 Å². The molecule has 0 aliphatic rings. The number of nitrogens with zero attached hydrogens (tertiary/aromatic N) is 2. The van der Waals surface area contributed by atoms with Gasteiger partial charge in [-0.05, 0) is 34.1 Å². The lowest BCUT2D eigenvalue weighted by atomic mass is 10.3. The van der Waals surface area contributed by atoms with Gasteiger partial charge < -0.3 is 16.5 Å². The Morgan fingerprint density at radius 1 is 1.17 bits per heavy atom. The minimum absolute atomic E-state index is 0.0560. The summed E-state index contributed by atoms with van der Waals surface area (Å²) in [5.41, 5.74) is 8.40. The number of aromatic nitrogens is 2. The number of nitrogens with two attached hydrogens (primary N) is 2. The fraction of sp³-hybridized carbons (Fsp3) is 0. The van der Waals surface area contributed by atoms with E-state index in [1.807, 2.05) is 0 Å². The van der Waals surface area contributed by atoms with Gasteiger partial charge in [0.15, 0.2) is 0 Å². The van der Waals surface area contributed by atoms with Crippen LogP contribution in [0, 0.1) is 5.82 Å². The van der Waals surface area contributed by atoms with Crippen molar-refractivity contribution < 1.29 is 4.39 Å². The second-order valence-corrected chi connectivity index (χ2v) is 4.24. The second-order valence-electron chi connectivity index (χ2n) is 3.39. The third-order valence-electron chi connectivity index (χ3n) is 2.08. The number of benzene rings is 1. The fourth-order valence-electron chi connectivity index (χ4n) is 1.34. The molecule has 8 heteroatoms. The first-order chi connectivity index (χ1) is 8.58. The van der Waals surface area contributed by atoms with E-state index in [2.05, 4.69) is 36.6 Å². The van der Waals surface area contributed by atoms with Gasteiger partial charge in [-0.3, -0.25) is 0 Å². The van der Waals surface area contributed by atoms with Gasteiger partial charge in [0, 0.05) is 10.5 Å². The molecule has 2 rings (SSSR count). The van der Waals surface area contributed by atoms with Gasteiger partial charge in [0.05, 0.1) is 5.69 Å². The molecule has 0 fully saturated rings. The predicted octanol–water partition coefficient (Wildman–Crippen LogP) is 1.99. The normalized spacial score (nSPS) is 10.2. The van der Waals surface area contributed by atoms with Crippen LogP contribution in [0.2, 0.25) is 0 Å². The van der Waals surface area contributed by atoms with Gasteiger partial charge in [0.1, 0.15) is 17.5 Å². The average Bonchev–Trinajstić information content (AvgIpc) is 2.33. The molecule has 0 saturated heterocycles. The van der Waals surface area contributed by atoms with Crippen LogP contribution >= 0.6 is 15.9 Å². The van der Waals surface area contributed by atoms with Crippen molar-refractivity contribution >= 4 is 39.2 Å². The highest BCUT2D eigenvalue weighted by Gasteiger charge is 2.05. The molecule has 0 aliphatic carbocycles. The van der Waals surface area contributed by atoms with Crippen LogP contribution in [0.4, 0.5) is 27.7 Å². The summed E-state index contributed by atoms with van der Waals surface area (Å²) in [7, 11) is 0. The number of rotatable bonds is 3. The van der Waals surface area contributed by atoms with E-state index in [4.69, 9.17) is 11.6 Å². The molecule has 1 aromatic heterocycles. The van der Waals surface area contributed by atoms with Gasteiger partial charge >= 0.3 is 0 Å². The maximum atomic E-state index is 13.1. The second kappa shape index (κ2) is 5.15.